The Morgan fingerprint density at radius 1 is 1.05 bits per heavy atom. The van der Waals surface area contributed by atoms with Gasteiger partial charge in [-0.05, 0) is 47.9 Å². The van der Waals surface area contributed by atoms with Crippen LogP contribution in [0.4, 0.5) is 8.78 Å². The summed E-state index contributed by atoms with van der Waals surface area (Å²) in [5.74, 6) is -1.94. The first-order chi connectivity index (χ1) is 8.90. The van der Waals surface area contributed by atoms with Gasteiger partial charge in [-0.25, -0.2) is 8.78 Å². The third-order valence-electron chi connectivity index (χ3n) is 2.82. The summed E-state index contributed by atoms with van der Waals surface area (Å²) in [6.07, 6.45) is 0. The van der Waals surface area contributed by atoms with Crippen LogP contribution in [0.15, 0.2) is 34.8 Å². The Hall–Kier alpha value is -0.640. The summed E-state index contributed by atoms with van der Waals surface area (Å²) in [4.78, 5) is 0. The highest BCUT2D eigenvalue weighted by atomic mass is 79.9. The Balaban J connectivity index is 2.49. The number of hydrogen-bond donors (Lipinski definition) is 0. The summed E-state index contributed by atoms with van der Waals surface area (Å²) < 4.78 is 27.3. The Morgan fingerprint density at radius 2 is 1.68 bits per heavy atom. The molecule has 0 nitrogen and oxygen atoms in total. The van der Waals surface area contributed by atoms with E-state index in [1.807, 2.05) is 25.1 Å². The summed E-state index contributed by atoms with van der Waals surface area (Å²) in [5.41, 5.74) is 2.10. The van der Waals surface area contributed by atoms with Crippen LogP contribution in [0.25, 0.3) is 0 Å². The van der Waals surface area contributed by atoms with Crippen LogP contribution >= 0.6 is 39.1 Å². The Kier molecular flexibility index (Phi) is 4.49. The molecule has 0 fully saturated rings. The summed E-state index contributed by atoms with van der Waals surface area (Å²) in [5, 5.41) is -0.517. The lowest BCUT2D eigenvalue weighted by Gasteiger charge is -2.15. The number of hydrogen-bond acceptors (Lipinski definition) is 0. The molecule has 0 aromatic heterocycles. The second-order valence-electron chi connectivity index (χ2n) is 4.15. The molecule has 0 bridgehead atoms. The van der Waals surface area contributed by atoms with Gasteiger partial charge in [-0.1, -0.05) is 33.6 Å². The van der Waals surface area contributed by atoms with Gasteiger partial charge in [-0.2, -0.15) is 0 Å². The van der Waals surface area contributed by atoms with E-state index in [-0.39, 0.29) is 5.02 Å². The highest BCUT2D eigenvalue weighted by molar-refractivity contribution is 9.10. The fourth-order valence-corrected chi connectivity index (χ4v) is 3.04. The second kappa shape index (κ2) is 5.78. The van der Waals surface area contributed by atoms with Crippen molar-refractivity contribution in [3.8, 4) is 0 Å². The average molecular weight is 366 g/mol. The molecular formula is C14H9BrCl2F2. The van der Waals surface area contributed by atoms with Crippen molar-refractivity contribution in [1.29, 1.82) is 0 Å². The molecule has 0 spiro atoms. The number of halogens is 5. The first-order valence-electron chi connectivity index (χ1n) is 5.44. The van der Waals surface area contributed by atoms with E-state index in [9.17, 15) is 8.78 Å². The second-order valence-corrected chi connectivity index (χ2v) is 5.91. The molecule has 1 unspecified atom stereocenters. The zero-order valence-corrected chi connectivity index (χ0v) is 13.0. The Labute approximate surface area is 128 Å². The fraction of sp³-hybridized carbons (Fsp3) is 0.143. The van der Waals surface area contributed by atoms with Crippen molar-refractivity contribution < 1.29 is 8.78 Å². The number of alkyl halides is 1. The predicted molar refractivity (Wildman–Crippen MR) is 77.9 cm³/mol. The van der Waals surface area contributed by atoms with E-state index < -0.39 is 17.0 Å². The van der Waals surface area contributed by atoms with Crippen LogP contribution in [0, 0.1) is 18.6 Å². The topological polar surface area (TPSA) is 0 Å². The molecule has 5 heteroatoms. The summed E-state index contributed by atoms with van der Waals surface area (Å²) in [6.45, 7) is 1.89. The molecule has 2 rings (SSSR count). The SMILES string of the molecule is Cc1cc(Br)ccc1C(Cl)c1cc(F)c(F)cc1Cl. The molecule has 0 aliphatic carbocycles. The van der Waals surface area contributed by atoms with Gasteiger partial charge in [0.2, 0.25) is 0 Å². The smallest absolute Gasteiger partial charge is 0.160 e. The van der Waals surface area contributed by atoms with Gasteiger partial charge >= 0.3 is 0 Å². The van der Waals surface area contributed by atoms with Crippen molar-refractivity contribution in [3.05, 3.63) is 68.2 Å². The van der Waals surface area contributed by atoms with Crippen LogP contribution in [-0.4, -0.2) is 0 Å². The van der Waals surface area contributed by atoms with Crippen LogP contribution < -0.4 is 0 Å². The maximum Gasteiger partial charge on any atom is 0.160 e. The average Bonchev–Trinajstić information content (AvgIpc) is 2.33. The monoisotopic (exact) mass is 364 g/mol. The van der Waals surface area contributed by atoms with Crippen molar-refractivity contribution >= 4 is 39.1 Å². The maximum atomic E-state index is 13.3. The predicted octanol–water partition coefficient (Wildman–Crippen LogP) is 6.02. The number of rotatable bonds is 2. The van der Waals surface area contributed by atoms with Crippen LogP contribution in [0.1, 0.15) is 22.1 Å². The summed E-state index contributed by atoms with van der Waals surface area (Å²) in [7, 11) is 0. The van der Waals surface area contributed by atoms with E-state index in [2.05, 4.69) is 15.9 Å². The van der Waals surface area contributed by atoms with Gasteiger partial charge in [-0.3, -0.25) is 0 Å². The number of aryl methyl sites for hydroxylation is 1. The van der Waals surface area contributed by atoms with E-state index in [0.717, 1.165) is 27.7 Å². The summed E-state index contributed by atoms with van der Waals surface area (Å²) >= 11 is 15.6. The first-order valence-corrected chi connectivity index (χ1v) is 7.05. The molecule has 1 atom stereocenters. The van der Waals surface area contributed by atoms with Gasteiger partial charge in [0.05, 0.1) is 5.38 Å². The van der Waals surface area contributed by atoms with Crippen molar-refractivity contribution in [2.24, 2.45) is 0 Å². The largest absolute Gasteiger partial charge is 0.204 e. The van der Waals surface area contributed by atoms with Crippen LogP contribution in [-0.2, 0) is 0 Å². The quantitative estimate of drug-likeness (QED) is 0.451. The minimum Gasteiger partial charge on any atom is -0.204 e. The zero-order chi connectivity index (χ0) is 14.2. The maximum absolute atomic E-state index is 13.3. The van der Waals surface area contributed by atoms with Crippen molar-refractivity contribution in [2.75, 3.05) is 0 Å². The molecule has 2 aromatic carbocycles. The van der Waals surface area contributed by atoms with Gasteiger partial charge in [0.15, 0.2) is 11.6 Å². The third kappa shape index (κ3) is 3.10. The molecular weight excluding hydrogens is 357 g/mol. The molecule has 19 heavy (non-hydrogen) atoms. The minimum absolute atomic E-state index is 0.112. The molecule has 100 valence electrons. The fourth-order valence-electron chi connectivity index (χ4n) is 1.82. The van der Waals surface area contributed by atoms with E-state index in [1.54, 1.807) is 0 Å². The molecule has 0 heterocycles. The van der Waals surface area contributed by atoms with Crippen LogP contribution in [0.5, 0.6) is 0 Å². The lowest BCUT2D eigenvalue weighted by molar-refractivity contribution is 0.507. The van der Waals surface area contributed by atoms with Gasteiger partial charge in [0.25, 0.3) is 0 Å². The molecule has 0 saturated heterocycles. The van der Waals surface area contributed by atoms with E-state index in [1.165, 1.54) is 0 Å². The summed E-state index contributed by atoms with van der Waals surface area (Å²) in [6, 6.07) is 7.55. The van der Waals surface area contributed by atoms with E-state index in [0.29, 0.717) is 5.56 Å². The highest BCUT2D eigenvalue weighted by Crippen LogP contribution is 2.36. The van der Waals surface area contributed by atoms with E-state index in [4.69, 9.17) is 23.2 Å². The first kappa shape index (κ1) is 14.8. The normalized spacial score (nSPS) is 12.5. The number of benzene rings is 2. The molecule has 0 amide bonds. The van der Waals surface area contributed by atoms with Gasteiger partial charge < -0.3 is 0 Å². The van der Waals surface area contributed by atoms with Crippen molar-refractivity contribution in [3.63, 3.8) is 0 Å². The van der Waals surface area contributed by atoms with Gasteiger partial charge in [0.1, 0.15) is 0 Å². The van der Waals surface area contributed by atoms with Crippen molar-refractivity contribution in [1.82, 2.24) is 0 Å². The standard InChI is InChI=1S/C14H9BrCl2F2/c1-7-4-8(15)2-3-9(7)14(17)10-5-12(18)13(19)6-11(10)16/h2-6,14H,1H3. The van der Waals surface area contributed by atoms with Crippen LogP contribution in [0.2, 0.25) is 5.02 Å². The van der Waals surface area contributed by atoms with Gasteiger partial charge in [0, 0.05) is 9.50 Å². The van der Waals surface area contributed by atoms with Gasteiger partial charge in [-0.15, -0.1) is 11.6 Å². The molecule has 0 radical (unpaired) electrons. The molecule has 2 aromatic rings. The Bertz CT molecular complexity index is 629. The van der Waals surface area contributed by atoms with Crippen LogP contribution in [0.3, 0.4) is 0 Å². The third-order valence-corrected chi connectivity index (χ3v) is 4.11. The molecule has 0 aliphatic heterocycles. The lowest BCUT2D eigenvalue weighted by Crippen LogP contribution is -1.99. The highest BCUT2D eigenvalue weighted by Gasteiger charge is 2.19. The minimum atomic E-state index is -0.981. The van der Waals surface area contributed by atoms with E-state index >= 15 is 0 Å². The molecule has 0 aliphatic rings. The molecule has 0 saturated carbocycles. The lowest BCUT2D eigenvalue weighted by atomic mass is 10.00. The Morgan fingerprint density at radius 3 is 2.32 bits per heavy atom. The molecule has 0 N–H and O–H groups in total. The van der Waals surface area contributed by atoms with Crippen molar-refractivity contribution in [2.45, 2.75) is 12.3 Å². The zero-order valence-electron chi connectivity index (χ0n) is 9.85.